The van der Waals surface area contributed by atoms with Crippen LogP contribution < -0.4 is 10.6 Å². The van der Waals surface area contributed by atoms with Crippen LogP contribution in [0.2, 0.25) is 0 Å². The lowest BCUT2D eigenvalue weighted by Gasteiger charge is -2.16. The van der Waals surface area contributed by atoms with Gasteiger partial charge in [0.15, 0.2) is 5.82 Å². The smallest absolute Gasteiger partial charge is 0.229 e. The molecule has 6 heteroatoms. The molecule has 6 nitrogen and oxygen atoms in total. The molecule has 0 saturated heterocycles. The van der Waals surface area contributed by atoms with E-state index in [0.717, 1.165) is 12.8 Å². The van der Waals surface area contributed by atoms with Crippen molar-refractivity contribution in [1.82, 2.24) is 10.5 Å². The van der Waals surface area contributed by atoms with Gasteiger partial charge in [-0.2, -0.15) is 0 Å². The standard InChI is InChI=1S/C16H23N3O3/c1-10-8-14(19-22-10)18-16(21)13-9-12(13)15(20)17-11-6-4-2-3-5-7-11/h8,11-13H,2-7,9H2,1H3,(H,17,20)(H,18,19,21). The second kappa shape index (κ2) is 6.50. The van der Waals surface area contributed by atoms with Gasteiger partial charge in [-0.25, -0.2) is 0 Å². The number of aryl methyl sites for hydroxylation is 1. The number of rotatable bonds is 4. The van der Waals surface area contributed by atoms with Gasteiger partial charge in [-0.15, -0.1) is 0 Å². The van der Waals surface area contributed by atoms with Crippen LogP contribution in [0.1, 0.15) is 50.7 Å². The fraction of sp³-hybridized carbons (Fsp3) is 0.688. The highest BCUT2D eigenvalue weighted by atomic mass is 16.5. The van der Waals surface area contributed by atoms with Gasteiger partial charge >= 0.3 is 0 Å². The number of amides is 2. The van der Waals surface area contributed by atoms with Gasteiger partial charge in [-0.1, -0.05) is 30.8 Å². The van der Waals surface area contributed by atoms with Gasteiger partial charge in [0, 0.05) is 12.1 Å². The minimum atomic E-state index is -0.234. The average molecular weight is 305 g/mol. The first kappa shape index (κ1) is 15.1. The minimum absolute atomic E-state index is 0.0309. The maximum absolute atomic E-state index is 12.2. The summed E-state index contributed by atoms with van der Waals surface area (Å²) in [7, 11) is 0. The zero-order valence-electron chi connectivity index (χ0n) is 12.9. The Hall–Kier alpha value is -1.85. The lowest BCUT2D eigenvalue weighted by molar-refractivity contribution is -0.125. The van der Waals surface area contributed by atoms with Crippen LogP contribution in [0.3, 0.4) is 0 Å². The fourth-order valence-corrected chi connectivity index (χ4v) is 3.15. The first-order valence-corrected chi connectivity index (χ1v) is 8.18. The number of aromatic nitrogens is 1. The molecule has 1 heterocycles. The summed E-state index contributed by atoms with van der Waals surface area (Å²) < 4.78 is 4.91. The van der Waals surface area contributed by atoms with Crippen molar-refractivity contribution < 1.29 is 14.1 Å². The summed E-state index contributed by atoms with van der Waals surface area (Å²) in [6.07, 6.45) is 7.65. The van der Waals surface area contributed by atoms with Crippen molar-refractivity contribution in [1.29, 1.82) is 0 Å². The second-order valence-corrected chi connectivity index (χ2v) is 6.46. The highest BCUT2D eigenvalue weighted by molar-refractivity contribution is 5.99. The maximum Gasteiger partial charge on any atom is 0.229 e. The molecule has 1 aromatic rings. The topological polar surface area (TPSA) is 84.2 Å². The van der Waals surface area contributed by atoms with Crippen LogP contribution in [0.15, 0.2) is 10.6 Å². The third kappa shape index (κ3) is 3.67. The van der Waals surface area contributed by atoms with Crippen molar-refractivity contribution in [3.05, 3.63) is 11.8 Å². The molecule has 2 aliphatic rings. The molecule has 2 aliphatic carbocycles. The number of hydrogen-bond donors (Lipinski definition) is 2. The van der Waals surface area contributed by atoms with Crippen LogP contribution in [0, 0.1) is 18.8 Å². The molecule has 2 fully saturated rings. The van der Waals surface area contributed by atoms with E-state index in [1.807, 2.05) is 0 Å². The molecule has 0 spiro atoms. The van der Waals surface area contributed by atoms with Crippen molar-refractivity contribution in [2.24, 2.45) is 11.8 Å². The van der Waals surface area contributed by atoms with Gasteiger partial charge in [0.1, 0.15) is 5.76 Å². The monoisotopic (exact) mass is 305 g/mol. The van der Waals surface area contributed by atoms with E-state index in [4.69, 9.17) is 4.52 Å². The van der Waals surface area contributed by atoms with Crippen LogP contribution in [0.4, 0.5) is 5.82 Å². The highest BCUT2D eigenvalue weighted by Crippen LogP contribution is 2.39. The van der Waals surface area contributed by atoms with Gasteiger partial charge in [0.2, 0.25) is 11.8 Å². The summed E-state index contributed by atoms with van der Waals surface area (Å²) in [6, 6.07) is 1.96. The summed E-state index contributed by atoms with van der Waals surface area (Å²) in [6.45, 7) is 1.77. The first-order valence-electron chi connectivity index (χ1n) is 8.18. The molecule has 2 saturated carbocycles. The Morgan fingerprint density at radius 3 is 2.45 bits per heavy atom. The average Bonchev–Trinajstić information content (AvgIpc) is 3.23. The molecule has 2 atom stereocenters. The van der Waals surface area contributed by atoms with Gasteiger partial charge in [-0.05, 0) is 26.2 Å². The molecule has 0 bridgehead atoms. The second-order valence-electron chi connectivity index (χ2n) is 6.46. The van der Waals surface area contributed by atoms with Crippen LogP contribution in [-0.2, 0) is 9.59 Å². The number of nitrogens with zero attached hydrogens (tertiary/aromatic N) is 1. The molecular formula is C16H23N3O3. The summed E-state index contributed by atoms with van der Waals surface area (Å²) >= 11 is 0. The van der Waals surface area contributed by atoms with Crippen LogP contribution in [-0.4, -0.2) is 23.0 Å². The Kier molecular flexibility index (Phi) is 4.45. The summed E-state index contributed by atoms with van der Waals surface area (Å²) in [4.78, 5) is 24.3. The minimum Gasteiger partial charge on any atom is -0.360 e. The van der Waals surface area contributed by atoms with Gasteiger partial charge in [-0.3, -0.25) is 9.59 Å². The predicted octanol–water partition coefficient (Wildman–Crippen LogP) is 2.40. The zero-order valence-corrected chi connectivity index (χ0v) is 12.9. The van der Waals surface area contributed by atoms with E-state index in [1.165, 1.54) is 25.7 Å². The Labute approximate surface area is 130 Å². The lowest BCUT2D eigenvalue weighted by Crippen LogP contribution is -2.36. The molecule has 0 aromatic carbocycles. The van der Waals surface area contributed by atoms with Gasteiger partial charge in [0.25, 0.3) is 0 Å². The Morgan fingerprint density at radius 2 is 1.82 bits per heavy atom. The van der Waals surface area contributed by atoms with E-state index in [9.17, 15) is 9.59 Å². The molecule has 0 radical (unpaired) electrons. The zero-order chi connectivity index (χ0) is 15.5. The highest BCUT2D eigenvalue weighted by Gasteiger charge is 2.48. The number of carbonyl (C=O) groups excluding carboxylic acids is 2. The Bertz CT molecular complexity index is 547. The van der Waals surface area contributed by atoms with Crippen LogP contribution >= 0.6 is 0 Å². The molecule has 3 rings (SSSR count). The molecular weight excluding hydrogens is 282 g/mol. The SMILES string of the molecule is Cc1cc(NC(=O)C2CC2C(=O)NC2CCCCCC2)no1. The van der Waals surface area contributed by atoms with E-state index in [2.05, 4.69) is 15.8 Å². The first-order chi connectivity index (χ1) is 10.6. The number of anilines is 1. The predicted molar refractivity (Wildman–Crippen MR) is 81.1 cm³/mol. The van der Waals surface area contributed by atoms with E-state index < -0.39 is 0 Å². The van der Waals surface area contributed by atoms with Crippen molar-refractivity contribution in [3.8, 4) is 0 Å². The Balaban J connectivity index is 1.46. The van der Waals surface area contributed by atoms with E-state index in [-0.39, 0.29) is 29.7 Å². The molecule has 0 aliphatic heterocycles. The van der Waals surface area contributed by atoms with Gasteiger partial charge in [0.05, 0.1) is 11.8 Å². The number of carbonyl (C=O) groups is 2. The molecule has 1 aromatic heterocycles. The quantitative estimate of drug-likeness (QED) is 0.837. The van der Waals surface area contributed by atoms with Crippen molar-refractivity contribution >= 4 is 17.6 Å². The third-order valence-corrected chi connectivity index (χ3v) is 4.54. The molecule has 2 N–H and O–H groups in total. The number of hydrogen-bond acceptors (Lipinski definition) is 4. The van der Waals surface area contributed by atoms with E-state index in [0.29, 0.717) is 18.0 Å². The molecule has 2 unspecified atom stereocenters. The van der Waals surface area contributed by atoms with E-state index >= 15 is 0 Å². The Morgan fingerprint density at radius 1 is 1.14 bits per heavy atom. The van der Waals surface area contributed by atoms with Crippen LogP contribution in [0.5, 0.6) is 0 Å². The van der Waals surface area contributed by atoms with Crippen LogP contribution in [0.25, 0.3) is 0 Å². The van der Waals surface area contributed by atoms with Crippen molar-refractivity contribution in [2.45, 2.75) is 57.9 Å². The molecule has 22 heavy (non-hydrogen) atoms. The van der Waals surface area contributed by atoms with Crippen molar-refractivity contribution in [2.75, 3.05) is 5.32 Å². The molecule has 120 valence electrons. The largest absolute Gasteiger partial charge is 0.360 e. The fourth-order valence-electron chi connectivity index (χ4n) is 3.15. The lowest BCUT2D eigenvalue weighted by atomic mass is 10.1. The van der Waals surface area contributed by atoms with E-state index in [1.54, 1.807) is 13.0 Å². The van der Waals surface area contributed by atoms with Gasteiger partial charge < -0.3 is 15.2 Å². The normalized spacial score (nSPS) is 25.3. The summed E-state index contributed by atoms with van der Waals surface area (Å²) in [5.41, 5.74) is 0. The maximum atomic E-state index is 12.2. The third-order valence-electron chi connectivity index (χ3n) is 4.54. The number of nitrogens with one attached hydrogen (secondary N) is 2. The summed E-state index contributed by atoms with van der Waals surface area (Å²) in [5, 5.41) is 9.55. The summed E-state index contributed by atoms with van der Waals surface area (Å²) in [5.74, 6) is 0.530. The van der Waals surface area contributed by atoms with Crippen molar-refractivity contribution in [3.63, 3.8) is 0 Å². The molecule has 2 amide bonds.